The number of thiophene rings is 1. The van der Waals surface area contributed by atoms with Crippen LogP contribution in [0.4, 0.5) is 5.69 Å². The summed E-state index contributed by atoms with van der Waals surface area (Å²) in [6.07, 6.45) is 0.721. The van der Waals surface area contributed by atoms with Gasteiger partial charge in [-0.05, 0) is 48.6 Å². The molecule has 1 aliphatic heterocycles. The van der Waals surface area contributed by atoms with Crippen LogP contribution in [0.3, 0.4) is 0 Å². The van der Waals surface area contributed by atoms with Crippen LogP contribution in [0.1, 0.15) is 11.1 Å². The van der Waals surface area contributed by atoms with Crippen LogP contribution in [0, 0.1) is 6.92 Å². The third-order valence-electron chi connectivity index (χ3n) is 4.36. The highest BCUT2D eigenvalue weighted by Crippen LogP contribution is 2.41. The first kappa shape index (κ1) is 15.4. The number of aryl methyl sites for hydroxylation is 1. The minimum absolute atomic E-state index is 0.341. The van der Waals surface area contributed by atoms with E-state index >= 15 is 0 Å². The normalized spacial score (nSPS) is 14.0. The maximum atomic E-state index is 13.2. The zero-order chi connectivity index (χ0) is 16.7. The number of hydrogen-bond donors (Lipinski definition) is 0. The van der Waals surface area contributed by atoms with E-state index in [2.05, 4.69) is 11.4 Å². The van der Waals surface area contributed by atoms with Crippen molar-refractivity contribution in [3.05, 3.63) is 71.1 Å². The van der Waals surface area contributed by atoms with E-state index in [9.17, 15) is 8.42 Å². The van der Waals surface area contributed by atoms with Crippen LogP contribution in [0.25, 0.3) is 10.4 Å². The molecule has 5 heteroatoms. The van der Waals surface area contributed by atoms with Gasteiger partial charge in [0.15, 0.2) is 0 Å². The summed E-state index contributed by atoms with van der Waals surface area (Å²) in [6, 6.07) is 16.9. The molecule has 0 atom stereocenters. The first-order valence-corrected chi connectivity index (χ1v) is 10.1. The Hall–Kier alpha value is -2.11. The van der Waals surface area contributed by atoms with Crippen molar-refractivity contribution in [3.63, 3.8) is 0 Å². The molecule has 0 aliphatic carbocycles. The highest BCUT2D eigenvalue weighted by Gasteiger charge is 2.29. The van der Waals surface area contributed by atoms with E-state index in [-0.39, 0.29) is 0 Å². The molecule has 1 aliphatic rings. The monoisotopic (exact) mass is 355 g/mol. The number of anilines is 1. The number of benzene rings is 2. The largest absolute Gasteiger partial charge is 0.265 e. The second-order valence-corrected chi connectivity index (χ2v) is 8.71. The number of fused-ring (bicyclic) bond motifs is 3. The molecule has 0 fully saturated rings. The molecule has 0 bridgehead atoms. The van der Waals surface area contributed by atoms with Gasteiger partial charge >= 0.3 is 0 Å². The summed E-state index contributed by atoms with van der Waals surface area (Å²) in [5.74, 6) is 0. The maximum Gasteiger partial charge on any atom is 0.264 e. The molecule has 2 aromatic carbocycles. The Morgan fingerprint density at radius 3 is 2.54 bits per heavy atom. The zero-order valence-corrected chi connectivity index (χ0v) is 14.9. The molecule has 24 heavy (non-hydrogen) atoms. The lowest BCUT2D eigenvalue weighted by Gasteiger charge is -2.24. The van der Waals surface area contributed by atoms with E-state index in [1.54, 1.807) is 27.8 Å². The molecule has 0 amide bonds. The van der Waals surface area contributed by atoms with Crippen LogP contribution in [0.5, 0.6) is 0 Å². The number of nitrogens with zero attached hydrogens (tertiary/aromatic N) is 1. The summed E-state index contributed by atoms with van der Waals surface area (Å²) in [5.41, 5.74) is 4.02. The highest BCUT2D eigenvalue weighted by atomic mass is 32.2. The van der Waals surface area contributed by atoms with Crippen LogP contribution >= 0.6 is 11.3 Å². The summed E-state index contributed by atoms with van der Waals surface area (Å²) < 4.78 is 28.0. The molecule has 0 unspecified atom stereocenters. The molecular weight excluding hydrogens is 338 g/mol. The molecule has 0 spiro atoms. The lowest BCUT2D eigenvalue weighted by Crippen LogP contribution is -2.32. The van der Waals surface area contributed by atoms with Crippen molar-refractivity contribution in [3.8, 4) is 10.4 Å². The predicted octanol–water partition coefficient (Wildman–Crippen LogP) is 4.47. The molecule has 122 valence electrons. The lowest BCUT2D eigenvalue weighted by atomic mass is 10.1. The fourth-order valence-corrected chi connectivity index (χ4v) is 5.56. The fraction of sp³-hybridized carbons (Fsp3) is 0.158. The highest BCUT2D eigenvalue weighted by molar-refractivity contribution is 7.92. The Kier molecular flexibility index (Phi) is 3.70. The minimum atomic E-state index is -3.57. The van der Waals surface area contributed by atoms with Gasteiger partial charge in [-0.1, -0.05) is 35.9 Å². The van der Waals surface area contributed by atoms with Crippen molar-refractivity contribution in [2.24, 2.45) is 0 Å². The number of para-hydroxylation sites is 1. The third-order valence-corrected chi connectivity index (χ3v) is 7.17. The van der Waals surface area contributed by atoms with E-state index in [4.69, 9.17) is 0 Å². The predicted molar refractivity (Wildman–Crippen MR) is 99.2 cm³/mol. The van der Waals surface area contributed by atoms with Gasteiger partial charge < -0.3 is 0 Å². The summed E-state index contributed by atoms with van der Waals surface area (Å²) in [6.45, 7) is 2.41. The second kappa shape index (κ2) is 5.76. The van der Waals surface area contributed by atoms with Gasteiger partial charge in [-0.3, -0.25) is 4.31 Å². The van der Waals surface area contributed by atoms with Crippen LogP contribution in [0.2, 0.25) is 0 Å². The van der Waals surface area contributed by atoms with E-state index < -0.39 is 10.0 Å². The van der Waals surface area contributed by atoms with Crippen molar-refractivity contribution in [2.75, 3.05) is 10.8 Å². The van der Waals surface area contributed by atoms with Crippen LogP contribution in [-0.4, -0.2) is 15.0 Å². The summed E-state index contributed by atoms with van der Waals surface area (Å²) >= 11 is 1.67. The molecule has 4 rings (SSSR count). The van der Waals surface area contributed by atoms with Crippen LogP contribution < -0.4 is 4.31 Å². The Bertz CT molecular complexity index is 988. The van der Waals surface area contributed by atoms with Gasteiger partial charge in [0.05, 0.1) is 10.6 Å². The topological polar surface area (TPSA) is 37.4 Å². The van der Waals surface area contributed by atoms with Crippen molar-refractivity contribution in [2.45, 2.75) is 18.2 Å². The van der Waals surface area contributed by atoms with Gasteiger partial charge in [0.1, 0.15) is 0 Å². The first-order chi connectivity index (χ1) is 11.6. The van der Waals surface area contributed by atoms with Crippen molar-refractivity contribution >= 4 is 27.0 Å². The average Bonchev–Trinajstić information content (AvgIpc) is 2.98. The number of rotatable bonds is 2. The average molecular weight is 355 g/mol. The van der Waals surface area contributed by atoms with Gasteiger partial charge in [0.2, 0.25) is 0 Å². The van der Waals surface area contributed by atoms with E-state index in [1.807, 2.05) is 43.3 Å². The summed E-state index contributed by atoms with van der Waals surface area (Å²) in [5, 5.41) is 2.07. The first-order valence-electron chi connectivity index (χ1n) is 7.82. The Morgan fingerprint density at radius 1 is 1.00 bits per heavy atom. The van der Waals surface area contributed by atoms with Gasteiger partial charge in [-0.2, -0.15) is 0 Å². The summed E-state index contributed by atoms with van der Waals surface area (Å²) in [4.78, 5) is 1.51. The molecule has 0 saturated carbocycles. The number of hydrogen-bond acceptors (Lipinski definition) is 3. The lowest BCUT2D eigenvalue weighted by molar-refractivity contribution is 0.591. The molecule has 0 N–H and O–H groups in total. The molecule has 0 radical (unpaired) electrons. The fourth-order valence-electron chi connectivity index (χ4n) is 3.08. The van der Waals surface area contributed by atoms with E-state index in [1.165, 1.54) is 10.4 Å². The van der Waals surface area contributed by atoms with Gasteiger partial charge in [0.25, 0.3) is 10.0 Å². The smallest absolute Gasteiger partial charge is 0.264 e. The number of sulfonamides is 1. The Balaban J connectivity index is 1.87. The van der Waals surface area contributed by atoms with Crippen LogP contribution in [0.15, 0.2) is 64.9 Å². The van der Waals surface area contributed by atoms with Gasteiger partial charge in [0, 0.05) is 17.0 Å². The molecule has 1 aromatic heterocycles. The quantitative estimate of drug-likeness (QED) is 0.680. The molecular formula is C19H17NO2S2. The van der Waals surface area contributed by atoms with Crippen molar-refractivity contribution in [1.82, 2.24) is 0 Å². The maximum absolute atomic E-state index is 13.2. The molecule has 0 saturated heterocycles. The third kappa shape index (κ3) is 2.44. The Labute approximate surface area is 146 Å². The van der Waals surface area contributed by atoms with Crippen molar-refractivity contribution in [1.29, 1.82) is 0 Å². The summed E-state index contributed by atoms with van der Waals surface area (Å²) in [7, 11) is -3.57. The van der Waals surface area contributed by atoms with Crippen LogP contribution in [-0.2, 0) is 16.4 Å². The molecule has 3 aromatic rings. The van der Waals surface area contributed by atoms with Crippen molar-refractivity contribution < 1.29 is 8.42 Å². The van der Waals surface area contributed by atoms with E-state index in [0.29, 0.717) is 11.4 Å². The van der Waals surface area contributed by atoms with Gasteiger partial charge in [-0.25, -0.2) is 8.42 Å². The van der Waals surface area contributed by atoms with E-state index in [0.717, 1.165) is 23.2 Å². The zero-order valence-electron chi connectivity index (χ0n) is 13.3. The SMILES string of the molecule is Cc1ccc(S(=O)(=O)N2CCc3ccsc3-c3ccccc32)cc1. The standard InChI is InChI=1S/C19H17NO2S2/c1-14-6-8-16(9-7-14)24(21,22)20-12-10-15-11-13-23-19(15)17-4-2-3-5-18(17)20/h2-9,11,13H,10,12H2,1H3. The second-order valence-electron chi connectivity index (χ2n) is 5.93. The van der Waals surface area contributed by atoms with Gasteiger partial charge in [-0.15, -0.1) is 11.3 Å². The Morgan fingerprint density at radius 2 is 1.75 bits per heavy atom. The minimum Gasteiger partial charge on any atom is -0.265 e. The molecule has 2 heterocycles. The molecule has 3 nitrogen and oxygen atoms in total.